The minimum Gasteiger partial charge on any atom is -0.496 e. The summed E-state index contributed by atoms with van der Waals surface area (Å²) >= 11 is 0. The number of carbonyl (C=O) groups is 2. The Bertz CT molecular complexity index is 1700. The van der Waals surface area contributed by atoms with Crippen LogP contribution >= 0.6 is 0 Å². The Morgan fingerprint density at radius 1 is 1.02 bits per heavy atom. The molecule has 5 aliphatic rings. The number of aliphatic hydroxyl groups is 1. The van der Waals surface area contributed by atoms with Gasteiger partial charge in [0.05, 0.1) is 32.5 Å². The Morgan fingerprint density at radius 2 is 1.72 bits per heavy atom. The lowest BCUT2D eigenvalue weighted by Gasteiger charge is -2.55. The zero-order valence-corrected chi connectivity index (χ0v) is 29.9. The highest BCUT2D eigenvalue weighted by Gasteiger charge is 2.51. The molecule has 5 fully saturated rings. The zero-order chi connectivity index (χ0) is 35.2. The van der Waals surface area contributed by atoms with Gasteiger partial charge in [-0.3, -0.25) is 9.48 Å². The molecule has 2 amide bonds. The molecule has 1 aliphatic heterocycles. The normalized spacial score (nSPS) is 26.5. The summed E-state index contributed by atoms with van der Waals surface area (Å²) in [6, 6.07) is 11.8. The third kappa shape index (κ3) is 6.63. The number of aromatic nitrogens is 2. The van der Waals surface area contributed by atoms with Crippen LogP contribution in [0.1, 0.15) is 95.2 Å². The third-order valence-electron chi connectivity index (χ3n) is 12.3. The number of fused-ring (bicyclic) bond motifs is 3. The van der Waals surface area contributed by atoms with E-state index in [4.69, 9.17) is 9.47 Å². The van der Waals surface area contributed by atoms with Gasteiger partial charge in [0, 0.05) is 41.5 Å². The van der Waals surface area contributed by atoms with Crippen molar-refractivity contribution >= 4 is 17.7 Å². The minimum atomic E-state index is -0.476. The van der Waals surface area contributed by atoms with Crippen molar-refractivity contribution in [2.24, 2.45) is 11.3 Å². The number of nitrogens with zero attached hydrogens (tertiary/aromatic N) is 4. The highest BCUT2D eigenvalue weighted by molar-refractivity contribution is 5.96. The highest BCUT2D eigenvalue weighted by Crippen LogP contribution is 2.58. The number of anilines is 1. The Morgan fingerprint density at radius 3 is 2.32 bits per heavy atom. The first-order chi connectivity index (χ1) is 24.0. The SMILES string of the molecule is COc1ccc(C23CCC(CN(C(=O)C4CCC(OC(=O)N5CC(O)C5)CC4)c4ccc(F)c(-c5cnn(C(C)C)c5)c4)(CC2)CC3)cc1C. The van der Waals surface area contributed by atoms with E-state index in [0.717, 1.165) is 55.5 Å². The van der Waals surface area contributed by atoms with Crippen molar-refractivity contribution in [3.05, 3.63) is 65.7 Å². The molecular formula is C40H51FN4O5. The lowest BCUT2D eigenvalue weighted by atomic mass is 9.51. The third-order valence-corrected chi connectivity index (χ3v) is 12.3. The van der Waals surface area contributed by atoms with Gasteiger partial charge in [-0.2, -0.15) is 5.10 Å². The number of benzene rings is 2. The van der Waals surface area contributed by atoms with Gasteiger partial charge in [-0.05, 0) is 131 Å². The van der Waals surface area contributed by atoms with Crippen LogP contribution in [0.4, 0.5) is 14.9 Å². The molecule has 50 heavy (non-hydrogen) atoms. The molecule has 4 saturated carbocycles. The number of halogens is 1. The number of amides is 2. The topological polar surface area (TPSA) is 97.1 Å². The fourth-order valence-corrected chi connectivity index (χ4v) is 8.91. The second kappa shape index (κ2) is 13.7. The summed E-state index contributed by atoms with van der Waals surface area (Å²) in [5.41, 5.74) is 4.55. The van der Waals surface area contributed by atoms with Gasteiger partial charge in [-0.25, -0.2) is 9.18 Å². The van der Waals surface area contributed by atoms with Crippen LogP contribution in [-0.4, -0.2) is 70.7 Å². The standard InChI is InChI=1S/C40H51FN4O5/c1-26(2)45-22-29(21-42-45)34-20-31(8-11-35(34)41)44(37(47)28-5-9-33(10-6-28)50-38(48)43-23-32(46)24-43)25-39-13-16-40(17-14-39,18-15-39)30-7-12-36(49-4)27(3)19-30/h7-8,11-12,19-22,26,28,32-33,46H,5-6,9-10,13-18,23-25H2,1-4H3. The summed E-state index contributed by atoms with van der Waals surface area (Å²) < 4.78 is 28.5. The predicted molar refractivity (Wildman–Crippen MR) is 190 cm³/mol. The molecule has 2 heterocycles. The number of aryl methyl sites for hydroxylation is 1. The molecule has 0 unspecified atom stereocenters. The van der Waals surface area contributed by atoms with E-state index in [-0.39, 0.29) is 46.7 Å². The first-order valence-corrected chi connectivity index (χ1v) is 18.4. The summed E-state index contributed by atoms with van der Waals surface area (Å²) in [4.78, 5) is 30.6. The van der Waals surface area contributed by atoms with Crippen LogP contribution in [0, 0.1) is 24.1 Å². The molecule has 4 aliphatic carbocycles. The summed E-state index contributed by atoms with van der Waals surface area (Å²) in [5.74, 6) is 0.435. The lowest BCUT2D eigenvalue weighted by Crippen LogP contribution is -2.54. The van der Waals surface area contributed by atoms with Crippen LogP contribution in [0.3, 0.4) is 0 Å². The maximum Gasteiger partial charge on any atom is 0.410 e. The molecule has 1 aromatic heterocycles. The van der Waals surface area contributed by atoms with Gasteiger partial charge in [-0.15, -0.1) is 0 Å². The van der Waals surface area contributed by atoms with Crippen molar-refractivity contribution in [2.45, 2.75) is 109 Å². The lowest BCUT2D eigenvalue weighted by molar-refractivity contribution is -0.124. The van der Waals surface area contributed by atoms with E-state index >= 15 is 4.39 Å². The number of methoxy groups -OCH3 is 1. The summed E-state index contributed by atoms with van der Waals surface area (Å²) in [6.07, 6.45) is 11.3. The van der Waals surface area contributed by atoms with Gasteiger partial charge in [0.2, 0.25) is 5.91 Å². The van der Waals surface area contributed by atoms with Crippen molar-refractivity contribution in [3.63, 3.8) is 0 Å². The Kier molecular flexibility index (Phi) is 9.43. The molecule has 1 saturated heterocycles. The van der Waals surface area contributed by atoms with E-state index in [1.807, 2.05) is 35.7 Å². The Hall–Kier alpha value is -3.92. The fraction of sp³-hybridized carbons (Fsp3) is 0.575. The molecule has 268 valence electrons. The first-order valence-electron chi connectivity index (χ1n) is 18.4. The number of carbonyl (C=O) groups excluding carboxylic acids is 2. The maximum atomic E-state index is 15.4. The molecule has 10 heteroatoms. The van der Waals surface area contributed by atoms with Crippen molar-refractivity contribution in [1.82, 2.24) is 14.7 Å². The van der Waals surface area contributed by atoms with Gasteiger partial charge in [0.25, 0.3) is 0 Å². The average Bonchev–Trinajstić information content (AvgIpc) is 3.61. The molecule has 2 bridgehead atoms. The van der Waals surface area contributed by atoms with Crippen molar-refractivity contribution in [2.75, 3.05) is 31.6 Å². The van der Waals surface area contributed by atoms with E-state index in [0.29, 0.717) is 56.4 Å². The first kappa shape index (κ1) is 34.5. The molecule has 2 aromatic carbocycles. The Labute approximate surface area is 294 Å². The van der Waals surface area contributed by atoms with Gasteiger partial charge in [-0.1, -0.05) is 12.1 Å². The van der Waals surface area contributed by atoms with E-state index in [1.165, 1.54) is 16.5 Å². The monoisotopic (exact) mass is 686 g/mol. The predicted octanol–water partition coefficient (Wildman–Crippen LogP) is 7.58. The molecule has 9 nitrogen and oxygen atoms in total. The molecule has 0 spiro atoms. The second-order valence-electron chi connectivity index (χ2n) is 15.8. The van der Waals surface area contributed by atoms with Crippen LogP contribution in [0.5, 0.6) is 5.75 Å². The quantitative estimate of drug-likeness (QED) is 0.249. The molecule has 0 atom stereocenters. The van der Waals surface area contributed by atoms with Crippen LogP contribution < -0.4 is 9.64 Å². The zero-order valence-electron chi connectivity index (χ0n) is 29.9. The van der Waals surface area contributed by atoms with Gasteiger partial charge in [0.1, 0.15) is 17.7 Å². The largest absolute Gasteiger partial charge is 0.496 e. The van der Waals surface area contributed by atoms with Gasteiger partial charge < -0.3 is 24.4 Å². The van der Waals surface area contributed by atoms with Gasteiger partial charge >= 0.3 is 6.09 Å². The number of hydrogen-bond donors (Lipinski definition) is 1. The van der Waals surface area contributed by atoms with E-state index in [2.05, 4.69) is 30.2 Å². The Balaban J connectivity index is 1.12. The molecule has 8 rings (SSSR count). The van der Waals surface area contributed by atoms with Crippen molar-refractivity contribution in [3.8, 4) is 16.9 Å². The van der Waals surface area contributed by atoms with Gasteiger partial charge in [0.15, 0.2) is 0 Å². The molecular weight excluding hydrogens is 635 g/mol. The number of rotatable bonds is 9. The second-order valence-corrected chi connectivity index (χ2v) is 15.8. The number of β-amino-alcohol motifs (C(OH)–C–C–N with tert-alkyl or cyclic N) is 1. The van der Waals surface area contributed by atoms with Crippen LogP contribution in [0.2, 0.25) is 0 Å². The molecule has 0 radical (unpaired) electrons. The summed E-state index contributed by atoms with van der Waals surface area (Å²) in [7, 11) is 1.72. The fourth-order valence-electron chi connectivity index (χ4n) is 8.91. The van der Waals surface area contributed by atoms with E-state index in [9.17, 15) is 14.7 Å². The van der Waals surface area contributed by atoms with E-state index < -0.39 is 6.10 Å². The highest BCUT2D eigenvalue weighted by atomic mass is 19.1. The van der Waals surface area contributed by atoms with Crippen LogP contribution in [0.15, 0.2) is 48.8 Å². The van der Waals surface area contributed by atoms with Crippen LogP contribution in [0.25, 0.3) is 11.1 Å². The smallest absolute Gasteiger partial charge is 0.410 e. The average molecular weight is 687 g/mol. The van der Waals surface area contributed by atoms with E-state index in [1.54, 1.807) is 19.4 Å². The number of ether oxygens (including phenoxy) is 2. The summed E-state index contributed by atoms with van der Waals surface area (Å²) in [6.45, 7) is 7.40. The van der Waals surface area contributed by atoms with Crippen LogP contribution in [-0.2, 0) is 14.9 Å². The number of aliphatic hydroxyl groups excluding tert-OH is 1. The maximum absolute atomic E-state index is 15.4. The van der Waals surface area contributed by atoms with Crippen molar-refractivity contribution < 1.29 is 28.6 Å². The number of hydrogen-bond acceptors (Lipinski definition) is 6. The molecule has 1 N–H and O–H groups in total. The number of likely N-dealkylation sites (tertiary alicyclic amines) is 1. The minimum absolute atomic E-state index is 0.00941. The summed E-state index contributed by atoms with van der Waals surface area (Å²) in [5, 5.41) is 14.0. The van der Waals surface area contributed by atoms with Crippen molar-refractivity contribution in [1.29, 1.82) is 0 Å². The molecule has 3 aromatic rings.